The zero-order valence-electron chi connectivity index (χ0n) is 11.7. The summed E-state index contributed by atoms with van der Waals surface area (Å²) in [4.78, 5) is 2.64. The molecule has 0 aliphatic carbocycles. The van der Waals surface area contributed by atoms with Gasteiger partial charge in [0, 0.05) is 19.1 Å². The summed E-state index contributed by atoms with van der Waals surface area (Å²) in [6.07, 6.45) is 7.18. The van der Waals surface area contributed by atoms with Crippen LogP contribution in [0.15, 0.2) is 22.8 Å². The van der Waals surface area contributed by atoms with Crippen molar-refractivity contribution in [3.63, 3.8) is 0 Å². The molecule has 0 saturated carbocycles. The van der Waals surface area contributed by atoms with E-state index in [0.717, 1.165) is 24.9 Å². The molecule has 2 unspecified atom stereocenters. The minimum atomic E-state index is 0.310. The Morgan fingerprint density at radius 2 is 2.39 bits per heavy atom. The van der Waals surface area contributed by atoms with Gasteiger partial charge in [0.05, 0.1) is 12.3 Å². The topological polar surface area (TPSA) is 28.4 Å². The van der Waals surface area contributed by atoms with Gasteiger partial charge in [0.1, 0.15) is 5.76 Å². The summed E-state index contributed by atoms with van der Waals surface area (Å²) in [5.41, 5.74) is 0. The van der Waals surface area contributed by atoms with E-state index >= 15 is 0 Å². The highest BCUT2D eigenvalue weighted by Crippen LogP contribution is 2.19. The largest absolute Gasteiger partial charge is 0.468 e. The Morgan fingerprint density at radius 3 is 3.11 bits per heavy atom. The molecule has 1 aromatic rings. The van der Waals surface area contributed by atoms with Crippen LogP contribution in [0.2, 0.25) is 0 Å². The van der Waals surface area contributed by atoms with Crippen LogP contribution in [0.25, 0.3) is 0 Å². The van der Waals surface area contributed by atoms with Crippen LogP contribution in [-0.2, 0) is 0 Å². The molecule has 2 rings (SSSR count). The van der Waals surface area contributed by atoms with Gasteiger partial charge < -0.3 is 9.73 Å². The average Bonchev–Trinajstić information content (AvgIpc) is 2.93. The molecule has 0 aromatic carbocycles. The third-order valence-corrected chi connectivity index (χ3v) is 4.04. The molecule has 1 fully saturated rings. The van der Waals surface area contributed by atoms with E-state index in [1.54, 1.807) is 6.26 Å². The maximum atomic E-state index is 5.40. The second kappa shape index (κ2) is 6.95. The van der Waals surface area contributed by atoms with Gasteiger partial charge in [0.25, 0.3) is 0 Å². The molecule has 1 saturated heterocycles. The van der Waals surface area contributed by atoms with Crippen LogP contribution in [0, 0.1) is 0 Å². The Bertz CT molecular complexity index is 323. The van der Waals surface area contributed by atoms with Crippen molar-refractivity contribution in [2.45, 2.75) is 51.6 Å². The lowest BCUT2D eigenvalue weighted by Crippen LogP contribution is -2.43. The van der Waals surface area contributed by atoms with Crippen molar-refractivity contribution in [3.8, 4) is 0 Å². The number of furan rings is 1. The molecular formula is C15H26N2O. The number of nitrogens with one attached hydrogen (secondary N) is 1. The number of piperidine rings is 1. The first-order valence-electron chi connectivity index (χ1n) is 7.32. The first-order chi connectivity index (χ1) is 8.81. The second-order valence-corrected chi connectivity index (χ2v) is 5.29. The fourth-order valence-electron chi connectivity index (χ4n) is 2.88. The summed E-state index contributed by atoms with van der Waals surface area (Å²) >= 11 is 0. The maximum absolute atomic E-state index is 5.40. The van der Waals surface area contributed by atoms with Crippen LogP contribution in [0.5, 0.6) is 0 Å². The molecule has 1 aromatic heterocycles. The number of rotatable bonds is 6. The monoisotopic (exact) mass is 250 g/mol. The van der Waals surface area contributed by atoms with E-state index in [1.165, 1.54) is 32.2 Å². The van der Waals surface area contributed by atoms with Crippen molar-refractivity contribution in [1.29, 1.82) is 0 Å². The average molecular weight is 250 g/mol. The lowest BCUT2D eigenvalue weighted by Gasteiger charge is -2.35. The number of hydrogen-bond acceptors (Lipinski definition) is 3. The van der Waals surface area contributed by atoms with Gasteiger partial charge in [-0.3, -0.25) is 4.90 Å². The summed E-state index contributed by atoms with van der Waals surface area (Å²) in [6, 6.07) is 5.10. The zero-order chi connectivity index (χ0) is 12.8. The molecule has 18 heavy (non-hydrogen) atoms. The summed E-state index contributed by atoms with van der Waals surface area (Å²) in [6.45, 7) is 7.94. The molecule has 0 bridgehead atoms. The molecule has 1 N–H and O–H groups in total. The highest BCUT2D eigenvalue weighted by Gasteiger charge is 2.20. The maximum Gasteiger partial charge on any atom is 0.120 e. The first-order valence-corrected chi connectivity index (χ1v) is 7.32. The Morgan fingerprint density at radius 1 is 1.50 bits per heavy atom. The first kappa shape index (κ1) is 13.6. The number of nitrogens with zero attached hydrogens (tertiary/aromatic N) is 1. The molecule has 0 spiro atoms. The van der Waals surface area contributed by atoms with Crippen LogP contribution in [0.4, 0.5) is 0 Å². The van der Waals surface area contributed by atoms with Gasteiger partial charge in [-0.05, 0) is 44.9 Å². The Labute approximate surface area is 111 Å². The summed E-state index contributed by atoms with van der Waals surface area (Å²) in [7, 11) is 0. The molecule has 0 radical (unpaired) electrons. The highest BCUT2D eigenvalue weighted by atomic mass is 16.3. The van der Waals surface area contributed by atoms with E-state index in [1.807, 2.05) is 12.1 Å². The van der Waals surface area contributed by atoms with Crippen LogP contribution in [0.1, 0.15) is 51.3 Å². The van der Waals surface area contributed by atoms with Crippen LogP contribution >= 0.6 is 0 Å². The molecule has 3 nitrogen and oxygen atoms in total. The van der Waals surface area contributed by atoms with Crippen molar-refractivity contribution in [3.05, 3.63) is 24.2 Å². The Kier molecular flexibility index (Phi) is 5.26. The smallest absolute Gasteiger partial charge is 0.120 e. The third kappa shape index (κ3) is 3.59. The van der Waals surface area contributed by atoms with Gasteiger partial charge >= 0.3 is 0 Å². The van der Waals surface area contributed by atoms with Crippen LogP contribution < -0.4 is 5.32 Å². The summed E-state index contributed by atoms with van der Waals surface area (Å²) < 4.78 is 5.40. The molecule has 2 atom stereocenters. The van der Waals surface area contributed by atoms with Crippen molar-refractivity contribution in [2.24, 2.45) is 0 Å². The normalized spacial score (nSPS) is 23.1. The zero-order valence-corrected chi connectivity index (χ0v) is 11.7. The standard InChI is InChI=1S/C15H26N2O/c1-3-14-7-4-5-10-17(14)11-9-16-13(2)15-8-6-12-18-15/h6,8,12-14,16H,3-5,7,9-11H2,1-2H3. The van der Waals surface area contributed by atoms with Crippen molar-refractivity contribution >= 4 is 0 Å². The minimum Gasteiger partial charge on any atom is -0.468 e. The molecule has 0 amide bonds. The third-order valence-electron chi connectivity index (χ3n) is 4.04. The van der Waals surface area contributed by atoms with Gasteiger partial charge in [0.2, 0.25) is 0 Å². The SMILES string of the molecule is CCC1CCCCN1CCNC(C)c1ccco1. The van der Waals surface area contributed by atoms with Crippen LogP contribution in [-0.4, -0.2) is 30.6 Å². The van der Waals surface area contributed by atoms with Gasteiger partial charge in [-0.15, -0.1) is 0 Å². The lowest BCUT2D eigenvalue weighted by molar-refractivity contribution is 0.143. The second-order valence-electron chi connectivity index (χ2n) is 5.29. The predicted molar refractivity (Wildman–Crippen MR) is 74.6 cm³/mol. The minimum absolute atomic E-state index is 0.310. The Balaban J connectivity index is 1.71. The predicted octanol–water partition coefficient (Wildman–Crippen LogP) is 3.19. The lowest BCUT2D eigenvalue weighted by atomic mass is 10.0. The van der Waals surface area contributed by atoms with Gasteiger partial charge in [-0.1, -0.05) is 13.3 Å². The quantitative estimate of drug-likeness (QED) is 0.840. The molecule has 1 aliphatic heterocycles. The Hall–Kier alpha value is -0.800. The van der Waals surface area contributed by atoms with E-state index in [-0.39, 0.29) is 0 Å². The van der Waals surface area contributed by atoms with E-state index in [0.29, 0.717) is 6.04 Å². The molecule has 1 aliphatic rings. The number of likely N-dealkylation sites (tertiary alicyclic amines) is 1. The van der Waals surface area contributed by atoms with E-state index in [9.17, 15) is 0 Å². The number of hydrogen-bond donors (Lipinski definition) is 1. The van der Waals surface area contributed by atoms with Crippen molar-refractivity contribution in [1.82, 2.24) is 10.2 Å². The van der Waals surface area contributed by atoms with E-state index < -0.39 is 0 Å². The van der Waals surface area contributed by atoms with Crippen molar-refractivity contribution in [2.75, 3.05) is 19.6 Å². The summed E-state index contributed by atoms with van der Waals surface area (Å²) in [5.74, 6) is 1.03. The molecular weight excluding hydrogens is 224 g/mol. The van der Waals surface area contributed by atoms with Crippen molar-refractivity contribution < 1.29 is 4.42 Å². The van der Waals surface area contributed by atoms with E-state index in [4.69, 9.17) is 4.42 Å². The van der Waals surface area contributed by atoms with Crippen LogP contribution in [0.3, 0.4) is 0 Å². The van der Waals surface area contributed by atoms with Gasteiger partial charge in [-0.2, -0.15) is 0 Å². The molecule has 102 valence electrons. The van der Waals surface area contributed by atoms with Gasteiger partial charge in [0.15, 0.2) is 0 Å². The van der Waals surface area contributed by atoms with Gasteiger partial charge in [-0.25, -0.2) is 0 Å². The van der Waals surface area contributed by atoms with E-state index in [2.05, 4.69) is 24.1 Å². The fraction of sp³-hybridized carbons (Fsp3) is 0.733. The molecule has 3 heteroatoms. The fourth-order valence-corrected chi connectivity index (χ4v) is 2.88. The highest BCUT2D eigenvalue weighted by molar-refractivity contribution is 5.02. The molecule has 2 heterocycles. The summed E-state index contributed by atoms with van der Waals surface area (Å²) in [5, 5.41) is 3.54.